The van der Waals surface area contributed by atoms with E-state index < -0.39 is 0 Å². The van der Waals surface area contributed by atoms with E-state index in [-0.39, 0.29) is 6.03 Å². The molecule has 1 N–H and O–H groups in total. The van der Waals surface area contributed by atoms with Crippen LogP contribution >= 0.6 is 0 Å². The van der Waals surface area contributed by atoms with Gasteiger partial charge in [0.2, 0.25) is 0 Å². The molecule has 2 amide bonds. The van der Waals surface area contributed by atoms with E-state index in [1.807, 2.05) is 42.2 Å². The van der Waals surface area contributed by atoms with Crippen LogP contribution in [0.1, 0.15) is 19.4 Å². The molecule has 0 bridgehead atoms. The smallest absolute Gasteiger partial charge is 0.321 e. The summed E-state index contributed by atoms with van der Waals surface area (Å²) < 4.78 is 5.73. The van der Waals surface area contributed by atoms with Crippen LogP contribution in [0.2, 0.25) is 0 Å². The third kappa shape index (κ3) is 4.28. The van der Waals surface area contributed by atoms with Crippen LogP contribution in [0.3, 0.4) is 0 Å². The topological polar surface area (TPSA) is 44.8 Å². The number of benzene rings is 2. The van der Waals surface area contributed by atoms with E-state index in [1.54, 1.807) is 0 Å². The van der Waals surface area contributed by atoms with Gasteiger partial charge >= 0.3 is 6.03 Å². The fourth-order valence-corrected chi connectivity index (χ4v) is 3.17. The number of ether oxygens (including phenoxy) is 1. The van der Waals surface area contributed by atoms with Crippen molar-refractivity contribution in [3.63, 3.8) is 0 Å². The molecule has 2 aromatic rings. The molecule has 0 spiro atoms. The predicted molar refractivity (Wildman–Crippen MR) is 106 cm³/mol. The number of anilines is 2. The molecule has 0 radical (unpaired) electrons. The quantitative estimate of drug-likeness (QED) is 0.884. The van der Waals surface area contributed by atoms with Gasteiger partial charge in [-0.3, -0.25) is 0 Å². The summed E-state index contributed by atoms with van der Waals surface area (Å²) in [5, 5.41) is 2.99. The summed E-state index contributed by atoms with van der Waals surface area (Å²) in [5.41, 5.74) is 3.21. The summed E-state index contributed by atoms with van der Waals surface area (Å²) in [7, 11) is 0. The molecule has 0 aliphatic carbocycles. The number of urea groups is 1. The molecule has 1 aliphatic heterocycles. The minimum Gasteiger partial charge on any atom is -0.492 e. The lowest BCUT2D eigenvalue weighted by Gasteiger charge is -2.36. The number of rotatable bonds is 5. The predicted octanol–water partition coefficient (Wildman–Crippen LogP) is 4.00. The molecule has 1 heterocycles. The summed E-state index contributed by atoms with van der Waals surface area (Å²) in [6, 6.07) is 16.1. The van der Waals surface area contributed by atoms with Gasteiger partial charge in [0.25, 0.3) is 0 Å². The molecule has 1 saturated heterocycles. The lowest BCUT2D eigenvalue weighted by Crippen LogP contribution is -2.50. The van der Waals surface area contributed by atoms with Crippen LogP contribution in [0.4, 0.5) is 16.2 Å². The number of carbonyl (C=O) groups is 1. The number of para-hydroxylation sites is 2. The Morgan fingerprint density at radius 1 is 1.00 bits per heavy atom. The minimum absolute atomic E-state index is 0.0352. The lowest BCUT2D eigenvalue weighted by atomic mass is 10.1. The SMILES string of the molecule is CCOc1ccccc1N1CCN(C(=O)Nc2ccc(CC)cc2)CC1. The van der Waals surface area contributed by atoms with Crippen LogP contribution in [0.15, 0.2) is 48.5 Å². The van der Waals surface area contributed by atoms with Gasteiger partial charge in [-0.25, -0.2) is 4.79 Å². The van der Waals surface area contributed by atoms with Crippen molar-refractivity contribution in [2.75, 3.05) is 43.0 Å². The zero-order chi connectivity index (χ0) is 18.4. The van der Waals surface area contributed by atoms with Crippen molar-refractivity contribution in [1.82, 2.24) is 4.90 Å². The Hall–Kier alpha value is -2.69. The average Bonchev–Trinajstić information content (AvgIpc) is 2.69. The lowest BCUT2D eigenvalue weighted by molar-refractivity contribution is 0.208. The molecule has 0 unspecified atom stereocenters. The van der Waals surface area contributed by atoms with Gasteiger partial charge in [-0.05, 0) is 43.2 Å². The molecular weight excluding hydrogens is 326 g/mol. The number of nitrogens with zero attached hydrogens (tertiary/aromatic N) is 2. The maximum absolute atomic E-state index is 12.5. The number of nitrogens with one attached hydrogen (secondary N) is 1. The Bertz CT molecular complexity index is 722. The maximum Gasteiger partial charge on any atom is 0.321 e. The number of amides is 2. The molecule has 138 valence electrons. The number of carbonyl (C=O) groups excluding carboxylic acids is 1. The number of aryl methyl sites for hydroxylation is 1. The molecule has 5 nitrogen and oxygen atoms in total. The van der Waals surface area contributed by atoms with Gasteiger partial charge in [0.05, 0.1) is 12.3 Å². The summed E-state index contributed by atoms with van der Waals surface area (Å²) >= 11 is 0. The van der Waals surface area contributed by atoms with Crippen LogP contribution in [0, 0.1) is 0 Å². The highest BCUT2D eigenvalue weighted by atomic mass is 16.5. The van der Waals surface area contributed by atoms with Gasteiger partial charge in [0.15, 0.2) is 0 Å². The van der Waals surface area contributed by atoms with Crippen LogP contribution in [0.5, 0.6) is 5.75 Å². The van der Waals surface area contributed by atoms with Crippen LogP contribution in [0.25, 0.3) is 0 Å². The second-order valence-corrected chi connectivity index (χ2v) is 6.36. The molecule has 1 aliphatic rings. The van der Waals surface area contributed by atoms with Crippen molar-refractivity contribution in [3.8, 4) is 5.75 Å². The van der Waals surface area contributed by atoms with E-state index in [4.69, 9.17) is 4.74 Å². The highest BCUT2D eigenvalue weighted by molar-refractivity contribution is 5.89. The largest absolute Gasteiger partial charge is 0.492 e. The fraction of sp³-hybridized carbons (Fsp3) is 0.381. The monoisotopic (exact) mass is 353 g/mol. The van der Waals surface area contributed by atoms with Crippen molar-refractivity contribution in [1.29, 1.82) is 0 Å². The van der Waals surface area contributed by atoms with Gasteiger partial charge < -0.3 is 19.9 Å². The van der Waals surface area contributed by atoms with E-state index in [0.29, 0.717) is 19.7 Å². The first-order valence-corrected chi connectivity index (χ1v) is 9.33. The van der Waals surface area contributed by atoms with Gasteiger partial charge in [-0.15, -0.1) is 0 Å². The fourth-order valence-electron chi connectivity index (χ4n) is 3.17. The maximum atomic E-state index is 12.5. The Labute approximate surface area is 155 Å². The molecule has 0 saturated carbocycles. The standard InChI is InChI=1S/C21H27N3O2/c1-3-17-9-11-18(12-10-17)22-21(25)24-15-13-23(14-16-24)19-7-5-6-8-20(19)26-4-2/h5-12H,3-4,13-16H2,1-2H3,(H,22,25). The first-order chi connectivity index (χ1) is 12.7. The van der Waals surface area contributed by atoms with Crippen molar-refractivity contribution in [2.24, 2.45) is 0 Å². The van der Waals surface area contributed by atoms with E-state index in [9.17, 15) is 4.79 Å². The van der Waals surface area contributed by atoms with E-state index >= 15 is 0 Å². The van der Waals surface area contributed by atoms with Crippen LogP contribution in [-0.2, 0) is 6.42 Å². The Morgan fingerprint density at radius 3 is 2.35 bits per heavy atom. The minimum atomic E-state index is -0.0352. The van der Waals surface area contributed by atoms with Crippen LogP contribution in [-0.4, -0.2) is 43.7 Å². The zero-order valence-electron chi connectivity index (χ0n) is 15.6. The second kappa shape index (κ2) is 8.61. The summed E-state index contributed by atoms with van der Waals surface area (Å²) in [6.45, 7) is 7.75. The Morgan fingerprint density at radius 2 is 1.69 bits per heavy atom. The molecule has 2 aromatic carbocycles. The van der Waals surface area contributed by atoms with Crippen molar-refractivity contribution >= 4 is 17.4 Å². The summed E-state index contributed by atoms with van der Waals surface area (Å²) in [6.07, 6.45) is 0.999. The third-order valence-electron chi connectivity index (χ3n) is 4.69. The molecule has 1 fully saturated rings. The third-order valence-corrected chi connectivity index (χ3v) is 4.69. The van der Waals surface area contributed by atoms with E-state index in [2.05, 4.69) is 35.3 Å². The van der Waals surface area contributed by atoms with Crippen molar-refractivity contribution < 1.29 is 9.53 Å². The molecule has 3 rings (SSSR count). The van der Waals surface area contributed by atoms with Gasteiger partial charge in [0.1, 0.15) is 5.75 Å². The summed E-state index contributed by atoms with van der Waals surface area (Å²) in [5.74, 6) is 0.906. The normalized spacial score (nSPS) is 14.2. The highest BCUT2D eigenvalue weighted by Gasteiger charge is 2.22. The number of piperazine rings is 1. The first-order valence-electron chi connectivity index (χ1n) is 9.33. The average molecular weight is 353 g/mol. The molecule has 5 heteroatoms. The highest BCUT2D eigenvalue weighted by Crippen LogP contribution is 2.28. The Kier molecular flexibility index (Phi) is 6.00. The van der Waals surface area contributed by atoms with Gasteiger partial charge in [-0.1, -0.05) is 31.2 Å². The Balaban J connectivity index is 1.57. The second-order valence-electron chi connectivity index (χ2n) is 6.36. The van der Waals surface area contributed by atoms with Crippen LogP contribution < -0.4 is 15.0 Å². The summed E-state index contributed by atoms with van der Waals surface area (Å²) in [4.78, 5) is 16.7. The van der Waals surface area contributed by atoms with E-state index in [0.717, 1.165) is 36.6 Å². The first kappa shape index (κ1) is 18.1. The molecule has 0 atom stereocenters. The van der Waals surface area contributed by atoms with Crippen molar-refractivity contribution in [3.05, 3.63) is 54.1 Å². The van der Waals surface area contributed by atoms with E-state index in [1.165, 1.54) is 5.56 Å². The molecule has 26 heavy (non-hydrogen) atoms. The zero-order valence-corrected chi connectivity index (χ0v) is 15.6. The number of hydrogen-bond acceptors (Lipinski definition) is 3. The van der Waals surface area contributed by atoms with Crippen molar-refractivity contribution in [2.45, 2.75) is 20.3 Å². The molecule has 0 aromatic heterocycles. The molecular formula is C21H27N3O2. The van der Waals surface area contributed by atoms with Gasteiger partial charge in [-0.2, -0.15) is 0 Å². The van der Waals surface area contributed by atoms with Gasteiger partial charge in [0, 0.05) is 31.9 Å². The number of hydrogen-bond donors (Lipinski definition) is 1.